The molecule has 2 N–H and O–H groups in total. The van der Waals surface area contributed by atoms with Crippen molar-refractivity contribution in [2.45, 2.75) is 47.6 Å². The Bertz CT molecular complexity index is 2440. The molecule has 2 atom stereocenters. The summed E-state index contributed by atoms with van der Waals surface area (Å²) in [5, 5.41) is 5.80. The topological polar surface area (TPSA) is 168 Å². The number of fused-ring (bicyclic) bond motifs is 2. The molecule has 0 bridgehead atoms. The number of hydrogen-bond acceptors (Lipinski definition) is 10. The van der Waals surface area contributed by atoms with Gasteiger partial charge in [0, 0.05) is 89.3 Å². The van der Waals surface area contributed by atoms with Gasteiger partial charge >= 0.3 is 0 Å². The molecule has 64 heavy (non-hydrogen) atoms. The third-order valence-electron chi connectivity index (χ3n) is 10.3. The van der Waals surface area contributed by atoms with E-state index in [9.17, 15) is 16.8 Å². The molecule has 0 radical (unpaired) electrons. The molecule has 0 fully saturated rings. The van der Waals surface area contributed by atoms with E-state index in [2.05, 4.69) is 39.8 Å². The van der Waals surface area contributed by atoms with Gasteiger partial charge in [-0.1, -0.05) is 75.8 Å². The van der Waals surface area contributed by atoms with Gasteiger partial charge in [0.1, 0.15) is 0 Å². The fourth-order valence-electron chi connectivity index (χ4n) is 7.49. The minimum Gasteiger partial charge on any atom is -0.381 e. The molecule has 0 aromatic heterocycles. The van der Waals surface area contributed by atoms with E-state index < -0.39 is 19.7 Å². The quantitative estimate of drug-likeness (QED) is 0.0356. The van der Waals surface area contributed by atoms with Crippen LogP contribution in [0.4, 0.5) is 0 Å². The van der Waals surface area contributed by atoms with Gasteiger partial charge in [0.05, 0.1) is 34.5 Å². The molecule has 2 unspecified atom stereocenters. The maximum absolute atomic E-state index is 12.8. The van der Waals surface area contributed by atoms with Crippen LogP contribution in [0.3, 0.4) is 0 Å². The molecular formula is C45H59Cl4N6O6PS2. The number of nitrogens with two attached hydrogens (primary N) is 1. The number of ether oxygens (including phenoxy) is 2. The molecule has 12 nitrogen and oxygen atoms in total. The molecule has 2 aliphatic rings. The Morgan fingerprint density at radius 1 is 0.703 bits per heavy atom. The van der Waals surface area contributed by atoms with Crippen molar-refractivity contribution >= 4 is 74.0 Å². The number of likely N-dealkylation sites (N-methyl/N-ethyl adjacent to an activating group) is 2. The highest BCUT2D eigenvalue weighted by molar-refractivity contribution is 7.91. The van der Waals surface area contributed by atoms with Crippen molar-refractivity contribution in [2.24, 2.45) is 10.8 Å². The second-order valence-electron chi connectivity index (χ2n) is 16.2. The van der Waals surface area contributed by atoms with Gasteiger partial charge in [0.25, 0.3) is 0 Å². The van der Waals surface area contributed by atoms with Crippen LogP contribution in [0.1, 0.15) is 58.1 Å². The Labute approximate surface area is 400 Å². The second-order valence-corrected chi connectivity index (χ2v) is 24.8. The standard InChI is InChI=1S/C21H24Cl2N4O3S.C21H26Cl2N2O3S.C3H9P/c1-27-13-19(18-11-16(22)12-21(23)20(18)14-27)15-4-2-5-17(10-15)31(28,29)9-3-7-30-8-6-25-26-24;1-25-13-19(18-11-16(22)12-21(23)20(18)14-25)15-4-2-5-17(10-15)29(26,27)9-3-7-28-8-6-24;1-4(2)3/h2,4-5,10-12,19H,3,6-9,13-14H2,1H3;2,4-5,10-12,19H,3,6-9,13-14,24H2,1H3;1-3H3. The van der Waals surface area contributed by atoms with Crippen molar-refractivity contribution in [1.29, 1.82) is 0 Å². The molecule has 2 aliphatic heterocycles. The summed E-state index contributed by atoms with van der Waals surface area (Å²) in [4.78, 5) is 7.61. The lowest BCUT2D eigenvalue weighted by Gasteiger charge is -2.33. The highest BCUT2D eigenvalue weighted by Gasteiger charge is 2.30. The number of azide groups is 1. The number of nitrogens with zero attached hydrogens (tertiary/aromatic N) is 5. The molecule has 2 heterocycles. The Morgan fingerprint density at radius 2 is 1.12 bits per heavy atom. The summed E-state index contributed by atoms with van der Waals surface area (Å²) in [5.74, 6) is 0.00323. The fraction of sp³-hybridized carbons (Fsp3) is 0.467. The Hall–Kier alpha value is -2.52. The Balaban J connectivity index is 0.000000259. The van der Waals surface area contributed by atoms with Crippen LogP contribution < -0.4 is 5.73 Å². The van der Waals surface area contributed by atoms with Crippen LogP contribution in [0.25, 0.3) is 10.4 Å². The van der Waals surface area contributed by atoms with Gasteiger partial charge in [0.15, 0.2) is 19.7 Å². The van der Waals surface area contributed by atoms with E-state index in [1.807, 2.05) is 38.4 Å². The van der Waals surface area contributed by atoms with Crippen molar-refractivity contribution in [1.82, 2.24) is 9.80 Å². The van der Waals surface area contributed by atoms with Crippen molar-refractivity contribution in [3.8, 4) is 0 Å². The maximum atomic E-state index is 12.8. The van der Waals surface area contributed by atoms with Crippen LogP contribution in [-0.4, -0.2) is 125 Å². The van der Waals surface area contributed by atoms with E-state index in [4.69, 9.17) is 67.1 Å². The summed E-state index contributed by atoms with van der Waals surface area (Å²) in [5.41, 5.74) is 19.6. The van der Waals surface area contributed by atoms with Crippen molar-refractivity contribution in [3.05, 3.63) is 137 Å². The molecule has 0 saturated heterocycles. The molecule has 19 heteroatoms. The van der Waals surface area contributed by atoms with E-state index >= 15 is 0 Å². The molecule has 0 aliphatic carbocycles. The monoisotopic (exact) mass is 1010 g/mol. The zero-order chi connectivity index (χ0) is 47.0. The van der Waals surface area contributed by atoms with E-state index in [-0.39, 0.29) is 43.1 Å². The lowest BCUT2D eigenvalue weighted by Crippen LogP contribution is -2.31. The summed E-state index contributed by atoms with van der Waals surface area (Å²) in [6.07, 6.45) is 0.801. The lowest BCUT2D eigenvalue weighted by molar-refractivity contribution is 0.142. The van der Waals surface area contributed by atoms with Crippen molar-refractivity contribution < 1.29 is 26.3 Å². The van der Waals surface area contributed by atoms with Gasteiger partial charge in [-0.05, 0) is 134 Å². The normalized spacial score (nSPS) is 16.4. The van der Waals surface area contributed by atoms with Crippen LogP contribution in [0, 0.1) is 0 Å². The molecule has 4 aromatic rings. The highest BCUT2D eigenvalue weighted by atomic mass is 35.5. The van der Waals surface area contributed by atoms with E-state index in [0.717, 1.165) is 59.6 Å². The first-order valence-electron chi connectivity index (χ1n) is 20.8. The Kier molecular flexibility index (Phi) is 22.1. The average molecular weight is 1020 g/mol. The molecule has 0 spiro atoms. The van der Waals surface area contributed by atoms with Gasteiger partial charge in [-0.2, -0.15) is 0 Å². The van der Waals surface area contributed by atoms with Gasteiger partial charge in [0.2, 0.25) is 0 Å². The van der Waals surface area contributed by atoms with Crippen molar-refractivity contribution in [2.75, 3.05) is 98.2 Å². The minimum absolute atomic E-state index is 0.00277. The zero-order valence-electron chi connectivity index (χ0n) is 37.0. The average Bonchev–Trinajstić information content (AvgIpc) is 3.23. The molecular weight excluding hydrogens is 957 g/mol. The number of sulfone groups is 2. The molecule has 4 aromatic carbocycles. The van der Waals surface area contributed by atoms with Crippen LogP contribution in [0.5, 0.6) is 0 Å². The molecule has 350 valence electrons. The summed E-state index contributed by atoms with van der Waals surface area (Å²) in [7, 11) is -2.42. The van der Waals surface area contributed by atoms with Gasteiger partial charge in [-0.15, -0.1) is 7.92 Å². The first kappa shape index (κ1) is 54.1. The maximum Gasteiger partial charge on any atom is 0.178 e. The van der Waals surface area contributed by atoms with Crippen LogP contribution in [0.2, 0.25) is 20.1 Å². The predicted molar refractivity (Wildman–Crippen MR) is 265 cm³/mol. The third kappa shape index (κ3) is 16.4. The molecule has 6 rings (SSSR count). The van der Waals surface area contributed by atoms with Gasteiger partial charge < -0.3 is 25.0 Å². The number of hydrogen-bond donors (Lipinski definition) is 1. The smallest absolute Gasteiger partial charge is 0.178 e. The molecule has 0 saturated carbocycles. The SMILES string of the molecule is CN1Cc2c(Cl)cc(Cl)cc2C(c2cccc(S(=O)(=O)CCCOCCN)c2)C1.CN1Cc2c(Cl)cc(Cl)cc2C(c2cccc(S(=O)(=O)CCCOCCN=[N+]=[N-])c2)C1.CP(C)C. The van der Waals surface area contributed by atoms with Gasteiger partial charge in [-0.3, -0.25) is 0 Å². The van der Waals surface area contributed by atoms with E-state index in [0.29, 0.717) is 70.4 Å². The predicted octanol–water partition coefficient (Wildman–Crippen LogP) is 10.1. The van der Waals surface area contributed by atoms with Crippen LogP contribution in [-0.2, 0) is 42.2 Å². The summed E-state index contributed by atoms with van der Waals surface area (Å²) < 4.78 is 61.8. The van der Waals surface area contributed by atoms with Crippen LogP contribution in [0.15, 0.2) is 87.7 Å². The Morgan fingerprint density at radius 3 is 1.53 bits per heavy atom. The highest BCUT2D eigenvalue weighted by Crippen LogP contribution is 2.40. The molecule has 0 amide bonds. The summed E-state index contributed by atoms with van der Waals surface area (Å²) in [6, 6.07) is 21.7. The number of rotatable bonds is 17. The number of halogens is 4. The van der Waals surface area contributed by atoms with Crippen molar-refractivity contribution in [3.63, 3.8) is 0 Å². The van der Waals surface area contributed by atoms with Gasteiger partial charge in [-0.25, -0.2) is 16.8 Å². The minimum atomic E-state index is -3.45. The largest absolute Gasteiger partial charge is 0.381 e. The third-order valence-corrected chi connectivity index (χ3v) is 15.0. The first-order chi connectivity index (χ1) is 30.4. The van der Waals surface area contributed by atoms with Crippen LogP contribution >= 0.6 is 54.3 Å². The summed E-state index contributed by atoms with van der Waals surface area (Å²) in [6.45, 7) is 11.7. The second kappa shape index (κ2) is 26.1. The fourth-order valence-corrected chi connectivity index (χ4v) is 11.3. The van der Waals surface area contributed by atoms with E-state index in [1.165, 1.54) is 0 Å². The lowest BCUT2D eigenvalue weighted by atomic mass is 9.85. The van der Waals surface area contributed by atoms with E-state index in [1.54, 1.807) is 48.5 Å². The first-order valence-corrected chi connectivity index (χ1v) is 28.3. The number of benzene rings is 4. The zero-order valence-corrected chi connectivity index (χ0v) is 42.6. The summed E-state index contributed by atoms with van der Waals surface area (Å²) >= 11 is 25.4.